The number of nitrogens with zero attached hydrogens (tertiary/aromatic N) is 1. The van der Waals surface area contributed by atoms with Gasteiger partial charge in [0, 0.05) is 25.6 Å². The second-order valence-electron chi connectivity index (χ2n) is 4.89. The van der Waals surface area contributed by atoms with Crippen LogP contribution in [0.25, 0.3) is 0 Å². The van der Waals surface area contributed by atoms with Gasteiger partial charge < -0.3 is 10.1 Å². The van der Waals surface area contributed by atoms with Crippen LogP contribution in [-0.4, -0.2) is 49.2 Å². The summed E-state index contributed by atoms with van der Waals surface area (Å²) in [4.78, 5) is 13.8. The quantitative estimate of drug-likeness (QED) is 0.618. The van der Waals surface area contributed by atoms with E-state index in [0.717, 1.165) is 32.0 Å². The fraction of sp³-hybridized carbons (Fsp3) is 0.909. The zero-order valence-corrected chi connectivity index (χ0v) is 8.95. The van der Waals surface area contributed by atoms with Crippen molar-refractivity contribution in [2.45, 2.75) is 31.3 Å². The van der Waals surface area contributed by atoms with E-state index in [1.54, 1.807) is 0 Å². The smallest absolute Gasteiger partial charge is 0.323 e. The molecule has 3 aliphatic heterocycles. The molecule has 4 heteroatoms. The predicted octanol–water partition coefficient (Wildman–Crippen LogP) is -0.0143. The molecule has 0 spiro atoms. The van der Waals surface area contributed by atoms with Crippen molar-refractivity contribution in [2.75, 3.05) is 26.2 Å². The van der Waals surface area contributed by atoms with Crippen LogP contribution in [0.1, 0.15) is 19.3 Å². The molecule has 0 saturated carbocycles. The van der Waals surface area contributed by atoms with Gasteiger partial charge in [0.05, 0.1) is 6.61 Å². The third-order valence-electron chi connectivity index (χ3n) is 3.98. The van der Waals surface area contributed by atoms with Gasteiger partial charge in [-0.25, -0.2) is 0 Å². The highest BCUT2D eigenvalue weighted by Crippen LogP contribution is 2.28. The number of cyclic esters (lactones) is 1. The van der Waals surface area contributed by atoms with Crippen LogP contribution in [0.2, 0.25) is 0 Å². The maximum absolute atomic E-state index is 11.5. The van der Waals surface area contributed by atoms with Gasteiger partial charge in [-0.05, 0) is 25.3 Å². The van der Waals surface area contributed by atoms with E-state index in [1.807, 2.05) is 0 Å². The highest BCUT2D eigenvalue weighted by molar-refractivity contribution is 5.77. The number of fused-ring (bicyclic) bond motifs is 1. The molecule has 3 aliphatic rings. The zero-order chi connectivity index (χ0) is 10.3. The fourth-order valence-electron chi connectivity index (χ4n) is 3.15. The molecule has 0 aromatic rings. The Morgan fingerprint density at radius 2 is 2.27 bits per heavy atom. The van der Waals surface area contributed by atoms with E-state index in [2.05, 4.69) is 10.2 Å². The summed E-state index contributed by atoms with van der Waals surface area (Å²) >= 11 is 0. The molecular weight excluding hydrogens is 192 g/mol. The summed E-state index contributed by atoms with van der Waals surface area (Å²) in [6.45, 7) is 3.87. The highest BCUT2D eigenvalue weighted by atomic mass is 16.5. The lowest BCUT2D eigenvalue weighted by molar-refractivity contribution is -0.142. The number of hydrogen-bond donors (Lipinski definition) is 1. The molecule has 84 valence electrons. The molecule has 3 fully saturated rings. The molecule has 0 aliphatic carbocycles. The van der Waals surface area contributed by atoms with Crippen molar-refractivity contribution in [3.05, 3.63) is 0 Å². The summed E-state index contributed by atoms with van der Waals surface area (Å²) in [5, 5.41) is 3.56. The van der Waals surface area contributed by atoms with Crippen molar-refractivity contribution in [3.63, 3.8) is 0 Å². The molecule has 0 aromatic carbocycles. The van der Waals surface area contributed by atoms with Gasteiger partial charge in [-0.3, -0.25) is 9.69 Å². The summed E-state index contributed by atoms with van der Waals surface area (Å²) in [5.74, 6) is 0.751. The van der Waals surface area contributed by atoms with E-state index >= 15 is 0 Å². The molecule has 0 bridgehead atoms. The lowest BCUT2D eigenvalue weighted by Gasteiger charge is -2.24. The van der Waals surface area contributed by atoms with Crippen molar-refractivity contribution >= 4 is 5.97 Å². The molecule has 3 heterocycles. The molecule has 0 radical (unpaired) electrons. The number of rotatable bonds is 1. The number of likely N-dealkylation sites (tertiary alicyclic amines) is 1. The van der Waals surface area contributed by atoms with E-state index in [4.69, 9.17) is 4.74 Å². The Kier molecular flexibility index (Phi) is 2.41. The van der Waals surface area contributed by atoms with Gasteiger partial charge in [0.15, 0.2) is 0 Å². The number of nitrogens with one attached hydrogen (secondary N) is 1. The number of ether oxygens (including phenoxy) is 1. The average Bonchev–Trinajstić information content (AvgIpc) is 2.82. The average molecular weight is 210 g/mol. The number of hydrogen-bond acceptors (Lipinski definition) is 4. The summed E-state index contributed by atoms with van der Waals surface area (Å²) in [7, 11) is 0. The molecule has 4 nitrogen and oxygen atoms in total. The Balaban J connectivity index is 1.66. The van der Waals surface area contributed by atoms with Crippen LogP contribution < -0.4 is 5.32 Å². The van der Waals surface area contributed by atoms with Crippen molar-refractivity contribution in [2.24, 2.45) is 5.92 Å². The van der Waals surface area contributed by atoms with Crippen LogP contribution in [0.3, 0.4) is 0 Å². The molecule has 15 heavy (non-hydrogen) atoms. The maximum atomic E-state index is 11.5. The Hall–Kier alpha value is -0.610. The van der Waals surface area contributed by atoms with Crippen LogP contribution >= 0.6 is 0 Å². The van der Waals surface area contributed by atoms with Crippen molar-refractivity contribution < 1.29 is 9.53 Å². The van der Waals surface area contributed by atoms with Gasteiger partial charge in [-0.15, -0.1) is 0 Å². The van der Waals surface area contributed by atoms with Crippen molar-refractivity contribution in [3.8, 4) is 0 Å². The van der Waals surface area contributed by atoms with Gasteiger partial charge in [0.1, 0.15) is 6.04 Å². The Morgan fingerprint density at radius 3 is 3.00 bits per heavy atom. The first-order valence-electron chi connectivity index (χ1n) is 5.98. The Labute approximate surface area is 90.0 Å². The van der Waals surface area contributed by atoms with E-state index < -0.39 is 0 Å². The van der Waals surface area contributed by atoms with Gasteiger partial charge >= 0.3 is 5.97 Å². The minimum Gasteiger partial charge on any atom is -0.464 e. The van der Waals surface area contributed by atoms with Crippen LogP contribution in [0.5, 0.6) is 0 Å². The minimum atomic E-state index is -0.00588. The summed E-state index contributed by atoms with van der Waals surface area (Å²) < 4.78 is 5.03. The summed E-state index contributed by atoms with van der Waals surface area (Å²) in [5.41, 5.74) is 0. The summed E-state index contributed by atoms with van der Waals surface area (Å²) in [6.07, 6.45) is 3.48. The fourth-order valence-corrected chi connectivity index (χ4v) is 3.15. The van der Waals surface area contributed by atoms with Gasteiger partial charge in [-0.2, -0.15) is 0 Å². The molecule has 1 unspecified atom stereocenters. The number of carbonyl (C=O) groups excluding carboxylic acids is 1. The van der Waals surface area contributed by atoms with Crippen LogP contribution in [0, 0.1) is 5.92 Å². The molecule has 1 N–H and O–H groups in total. The van der Waals surface area contributed by atoms with Crippen molar-refractivity contribution in [1.82, 2.24) is 10.2 Å². The number of piperidine rings is 1. The first kappa shape index (κ1) is 9.60. The van der Waals surface area contributed by atoms with Crippen LogP contribution in [0.15, 0.2) is 0 Å². The standard InChI is InChI=1S/C11H18N2O2/c14-11-10(3-5-15-11)13-6-8-2-1-4-12-9(8)7-13/h8-10,12H,1-7H2/t8-,9+,10?/m0/s1. The lowest BCUT2D eigenvalue weighted by atomic mass is 9.94. The van der Waals surface area contributed by atoms with E-state index in [9.17, 15) is 4.79 Å². The Morgan fingerprint density at radius 1 is 1.33 bits per heavy atom. The normalized spacial score (nSPS) is 41.6. The molecule has 3 rings (SSSR count). The largest absolute Gasteiger partial charge is 0.464 e. The SMILES string of the molecule is O=C1OCCC1N1C[C@@H]2CCCN[C@@H]2C1. The molecule has 3 atom stereocenters. The molecule has 0 amide bonds. The number of esters is 1. The number of carbonyl (C=O) groups is 1. The molecular formula is C11H18N2O2. The van der Waals surface area contributed by atoms with Crippen molar-refractivity contribution in [1.29, 1.82) is 0 Å². The zero-order valence-electron chi connectivity index (χ0n) is 8.95. The first-order chi connectivity index (χ1) is 7.34. The van der Waals surface area contributed by atoms with Crippen LogP contribution in [0.4, 0.5) is 0 Å². The van der Waals surface area contributed by atoms with E-state index in [1.165, 1.54) is 12.8 Å². The minimum absolute atomic E-state index is 0.00588. The lowest BCUT2D eigenvalue weighted by Crippen LogP contribution is -2.42. The van der Waals surface area contributed by atoms with Gasteiger partial charge in [0.25, 0.3) is 0 Å². The third kappa shape index (κ3) is 1.66. The highest BCUT2D eigenvalue weighted by Gasteiger charge is 2.41. The predicted molar refractivity (Wildman–Crippen MR) is 55.5 cm³/mol. The van der Waals surface area contributed by atoms with Crippen LogP contribution in [-0.2, 0) is 9.53 Å². The van der Waals surface area contributed by atoms with E-state index in [0.29, 0.717) is 12.6 Å². The molecule has 0 aromatic heterocycles. The molecule has 3 saturated heterocycles. The monoisotopic (exact) mass is 210 g/mol. The third-order valence-corrected chi connectivity index (χ3v) is 3.98. The second kappa shape index (κ2) is 3.76. The second-order valence-corrected chi connectivity index (χ2v) is 4.89. The first-order valence-corrected chi connectivity index (χ1v) is 5.98. The van der Waals surface area contributed by atoms with E-state index in [-0.39, 0.29) is 12.0 Å². The topological polar surface area (TPSA) is 41.6 Å². The summed E-state index contributed by atoms with van der Waals surface area (Å²) in [6, 6.07) is 0.671. The Bertz CT molecular complexity index is 255. The maximum Gasteiger partial charge on any atom is 0.323 e. The van der Waals surface area contributed by atoms with Gasteiger partial charge in [0.2, 0.25) is 0 Å². The van der Waals surface area contributed by atoms with Gasteiger partial charge in [-0.1, -0.05) is 0 Å².